The maximum absolute atomic E-state index is 12.7. The molecule has 130 valence electrons. The molecule has 1 aromatic rings. The summed E-state index contributed by atoms with van der Waals surface area (Å²) in [6.07, 6.45) is -4.12. The fourth-order valence-corrected chi connectivity index (χ4v) is 4.09. The third-order valence-corrected chi connectivity index (χ3v) is 5.35. The summed E-state index contributed by atoms with van der Waals surface area (Å²) in [7, 11) is 0. The van der Waals surface area contributed by atoms with Gasteiger partial charge in [-0.15, -0.1) is 13.2 Å². The zero-order valence-electron chi connectivity index (χ0n) is 13.1. The Hall–Kier alpha value is -1.76. The molecule has 2 unspecified atom stereocenters. The number of alkyl halides is 3. The number of nitrogens with zero attached hydrogens (tertiary/aromatic N) is 1. The highest BCUT2D eigenvalue weighted by molar-refractivity contribution is 5.83. The van der Waals surface area contributed by atoms with E-state index in [9.17, 15) is 18.0 Å². The van der Waals surface area contributed by atoms with E-state index >= 15 is 0 Å². The molecule has 3 aliphatic rings. The number of hydrogen-bond donors (Lipinski definition) is 1. The van der Waals surface area contributed by atoms with Crippen molar-refractivity contribution in [3.8, 4) is 5.75 Å². The van der Waals surface area contributed by atoms with E-state index in [-0.39, 0.29) is 23.5 Å². The standard InChI is InChI=1S/C17H19F3N2O2/c18-17(19,20)24-15-4-2-1-3-12(15)13-5-14(13)16(23)22-8-10-6-21-7-11(10)9-22/h1-4,10-11,13-14,21H,5-9H2/t10-,11+,13?,14?. The van der Waals surface area contributed by atoms with E-state index in [4.69, 9.17) is 0 Å². The van der Waals surface area contributed by atoms with Gasteiger partial charge in [-0.05, 0) is 35.8 Å². The molecule has 2 heterocycles. The molecule has 0 radical (unpaired) electrons. The zero-order valence-corrected chi connectivity index (χ0v) is 13.1. The van der Waals surface area contributed by atoms with Gasteiger partial charge in [0.2, 0.25) is 5.91 Å². The van der Waals surface area contributed by atoms with Gasteiger partial charge in [-0.2, -0.15) is 0 Å². The van der Waals surface area contributed by atoms with Crippen LogP contribution in [0.2, 0.25) is 0 Å². The number of carbonyl (C=O) groups is 1. The van der Waals surface area contributed by atoms with Crippen LogP contribution in [-0.2, 0) is 4.79 Å². The number of halogens is 3. The van der Waals surface area contributed by atoms with Crippen molar-refractivity contribution in [2.75, 3.05) is 26.2 Å². The van der Waals surface area contributed by atoms with Crippen molar-refractivity contribution in [1.29, 1.82) is 0 Å². The summed E-state index contributed by atoms with van der Waals surface area (Å²) in [5, 5.41) is 3.33. The Bertz CT molecular complexity index is 637. The molecule has 4 rings (SSSR count). The smallest absolute Gasteiger partial charge is 0.405 e. The van der Waals surface area contributed by atoms with Crippen LogP contribution in [0.1, 0.15) is 17.9 Å². The van der Waals surface area contributed by atoms with Gasteiger partial charge in [-0.3, -0.25) is 4.79 Å². The Morgan fingerprint density at radius 2 is 1.83 bits per heavy atom. The van der Waals surface area contributed by atoms with Crippen LogP contribution in [0.5, 0.6) is 5.75 Å². The van der Waals surface area contributed by atoms with Gasteiger partial charge in [-0.1, -0.05) is 18.2 Å². The van der Waals surface area contributed by atoms with Crippen molar-refractivity contribution < 1.29 is 22.7 Å². The van der Waals surface area contributed by atoms with E-state index < -0.39 is 6.36 Å². The number of benzene rings is 1. The molecule has 3 fully saturated rings. The lowest BCUT2D eigenvalue weighted by Crippen LogP contribution is -2.33. The molecule has 0 aromatic heterocycles. The number of rotatable bonds is 3. The van der Waals surface area contributed by atoms with Gasteiger partial charge in [-0.25, -0.2) is 0 Å². The number of amides is 1. The first-order valence-electron chi connectivity index (χ1n) is 8.26. The molecular weight excluding hydrogens is 321 g/mol. The van der Waals surface area contributed by atoms with Crippen molar-refractivity contribution in [3.63, 3.8) is 0 Å². The number of hydrogen-bond acceptors (Lipinski definition) is 3. The molecule has 1 aromatic carbocycles. The maximum Gasteiger partial charge on any atom is 0.573 e. The molecule has 0 spiro atoms. The highest BCUT2D eigenvalue weighted by Gasteiger charge is 2.50. The van der Waals surface area contributed by atoms with E-state index in [0.29, 0.717) is 23.8 Å². The SMILES string of the molecule is O=C(C1CC1c1ccccc1OC(F)(F)F)N1C[C@H]2CNC[C@H]2C1. The van der Waals surface area contributed by atoms with Gasteiger partial charge >= 0.3 is 6.36 Å². The number of ether oxygens (including phenoxy) is 1. The minimum Gasteiger partial charge on any atom is -0.405 e. The van der Waals surface area contributed by atoms with Crippen molar-refractivity contribution in [1.82, 2.24) is 10.2 Å². The topological polar surface area (TPSA) is 41.6 Å². The molecule has 4 nitrogen and oxygen atoms in total. The highest BCUT2D eigenvalue weighted by atomic mass is 19.4. The van der Waals surface area contributed by atoms with E-state index in [1.165, 1.54) is 12.1 Å². The Kier molecular flexibility index (Phi) is 3.71. The second-order valence-electron chi connectivity index (χ2n) is 6.96. The van der Waals surface area contributed by atoms with E-state index in [0.717, 1.165) is 26.2 Å². The molecule has 1 N–H and O–H groups in total. The summed E-state index contributed by atoms with van der Waals surface area (Å²) in [4.78, 5) is 14.6. The van der Waals surface area contributed by atoms with Crippen LogP contribution < -0.4 is 10.1 Å². The molecule has 1 saturated carbocycles. The lowest BCUT2D eigenvalue weighted by molar-refractivity contribution is -0.274. The minimum absolute atomic E-state index is 0.0798. The van der Waals surface area contributed by atoms with Gasteiger partial charge in [0.05, 0.1) is 0 Å². The predicted octanol–water partition coefficient (Wildman–Crippen LogP) is 2.37. The molecule has 4 atom stereocenters. The number of fused-ring (bicyclic) bond motifs is 1. The predicted molar refractivity (Wildman–Crippen MR) is 80.4 cm³/mol. The average molecular weight is 340 g/mol. The van der Waals surface area contributed by atoms with Crippen molar-refractivity contribution in [3.05, 3.63) is 29.8 Å². The summed E-state index contributed by atoms with van der Waals surface area (Å²) < 4.78 is 41.7. The van der Waals surface area contributed by atoms with Crippen LogP contribution in [0.15, 0.2) is 24.3 Å². The highest BCUT2D eigenvalue weighted by Crippen LogP contribution is 2.52. The van der Waals surface area contributed by atoms with Crippen LogP contribution in [0, 0.1) is 17.8 Å². The second kappa shape index (κ2) is 5.65. The third-order valence-electron chi connectivity index (χ3n) is 5.35. The first kappa shape index (κ1) is 15.7. The van der Waals surface area contributed by atoms with E-state index in [2.05, 4.69) is 10.1 Å². The van der Waals surface area contributed by atoms with Crippen molar-refractivity contribution >= 4 is 5.91 Å². The molecule has 2 aliphatic heterocycles. The van der Waals surface area contributed by atoms with E-state index in [1.54, 1.807) is 12.1 Å². The fraction of sp³-hybridized carbons (Fsp3) is 0.588. The van der Waals surface area contributed by atoms with Crippen LogP contribution in [0.3, 0.4) is 0 Å². The van der Waals surface area contributed by atoms with Crippen molar-refractivity contribution in [2.24, 2.45) is 17.8 Å². The lowest BCUT2D eigenvalue weighted by atomic mass is 10.0. The quantitative estimate of drug-likeness (QED) is 0.919. The summed E-state index contributed by atoms with van der Waals surface area (Å²) >= 11 is 0. The monoisotopic (exact) mass is 340 g/mol. The summed E-state index contributed by atoms with van der Waals surface area (Å²) in [6, 6.07) is 6.14. The molecule has 0 bridgehead atoms. The van der Waals surface area contributed by atoms with Gasteiger partial charge < -0.3 is 15.0 Å². The van der Waals surface area contributed by atoms with Crippen LogP contribution in [0.4, 0.5) is 13.2 Å². The van der Waals surface area contributed by atoms with Gasteiger partial charge in [0.15, 0.2) is 0 Å². The van der Waals surface area contributed by atoms with Gasteiger partial charge in [0.25, 0.3) is 0 Å². The van der Waals surface area contributed by atoms with Crippen LogP contribution >= 0.6 is 0 Å². The van der Waals surface area contributed by atoms with Gasteiger partial charge in [0.1, 0.15) is 5.75 Å². The second-order valence-corrected chi connectivity index (χ2v) is 6.96. The Balaban J connectivity index is 1.44. The molecule has 7 heteroatoms. The minimum atomic E-state index is -4.72. The number of carbonyl (C=O) groups excluding carboxylic acids is 1. The molecule has 2 saturated heterocycles. The van der Waals surface area contributed by atoms with Crippen molar-refractivity contribution in [2.45, 2.75) is 18.7 Å². The average Bonchev–Trinajstić information content (AvgIpc) is 2.99. The van der Waals surface area contributed by atoms with Crippen LogP contribution in [-0.4, -0.2) is 43.3 Å². The Labute approximate surface area is 138 Å². The number of para-hydroxylation sites is 1. The van der Waals surface area contributed by atoms with Crippen LogP contribution in [0.25, 0.3) is 0 Å². The zero-order chi connectivity index (χ0) is 16.9. The molecule has 24 heavy (non-hydrogen) atoms. The summed E-state index contributed by atoms with van der Waals surface area (Å²) in [5.74, 6) is 0.549. The number of likely N-dealkylation sites (tertiary alicyclic amines) is 1. The Morgan fingerprint density at radius 3 is 2.50 bits per heavy atom. The largest absolute Gasteiger partial charge is 0.573 e. The summed E-state index contributed by atoms with van der Waals surface area (Å²) in [6.45, 7) is 3.43. The lowest BCUT2D eigenvalue weighted by Gasteiger charge is -2.18. The third kappa shape index (κ3) is 2.97. The fourth-order valence-electron chi connectivity index (χ4n) is 4.09. The Morgan fingerprint density at radius 1 is 1.17 bits per heavy atom. The number of nitrogens with one attached hydrogen (secondary N) is 1. The normalized spacial score (nSPS) is 31.9. The molecule has 1 amide bonds. The maximum atomic E-state index is 12.7. The molecular formula is C17H19F3N2O2. The van der Waals surface area contributed by atoms with Gasteiger partial charge in [0, 0.05) is 32.1 Å². The molecule has 1 aliphatic carbocycles. The summed E-state index contributed by atoms with van der Waals surface area (Å²) in [5.41, 5.74) is 0.481. The first-order chi connectivity index (χ1) is 11.4. The van der Waals surface area contributed by atoms with E-state index in [1.807, 2.05) is 4.90 Å². The first-order valence-corrected chi connectivity index (χ1v) is 8.26.